The molecule has 19 heavy (non-hydrogen) atoms. The lowest BCUT2D eigenvalue weighted by Gasteiger charge is -2.10. The maximum atomic E-state index is 12.0. The van der Waals surface area contributed by atoms with Crippen LogP contribution in [0.2, 0.25) is 0 Å². The Morgan fingerprint density at radius 3 is 2.63 bits per heavy atom. The standard InChI is InChI=1S/C14H19NO3S/c1-10-3-4-12(7-11(10)2)14(16)8-15-13-5-6-19(17,18)9-13/h3-4,7,13,15H,5-6,8-9H2,1-2H3/t13-/m0/s1. The van der Waals surface area contributed by atoms with Gasteiger partial charge in [-0.2, -0.15) is 0 Å². The predicted molar refractivity (Wildman–Crippen MR) is 75.3 cm³/mol. The maximum Gasteiger partial charge on any atom is 0.176 e. The highest BCUT2D eigenvalue weighted by molar-refractivity contribution is 7.91. The van der Waals surface area contributed by atoms with E-state index in [4.69, 9.17) is 0 Å². The molecule has 0 spiro atoms. The number of hydrogen-bond acceptors (Lipinski definition) is 4. The quantitative estimate of drug-likeness (QED) is 0.844. The van der Waals surface area contributed by atoms with Crippen LogP contribution < -0.4 is 5.32 Å². The monoisotopic (exact) mass is 281 g/mol. The van der Waals surface area contributed by atoms with E-state index in [0.29, 0.717) is 12.0 Å². The first-order valence-electron chi connectivity index (χ1n) is 6.42. The summed E-state index contributed by atoms with van der Waals surface area (Å²) in [5, 5.41) is 3.04. The van der Waals surface area contributed by atoms with Gasteiger partial charge in [-0.15, -0.1) is 0 Å². The zero-order valence-corrected chi connectivity index (χ0v) is 12.1. The smallest absolute Gasteiger partial charge is 0.176 e. The molecule has 1 atom stereocenters. The Morgan fingerprint density at radius 2 is 2.05 bits per heavy atom. The number of nitrogens with one attached hydrogen (secondary N) is 1. The summed E-state index contributed by atoms with van der Waals surface area (Å²) in [6.07, 6.45) is 0.600. The summed E-state index contributed by atoms with van der Waals surface area (Å²) in [7, 11) is -2.89. The van der Waals surface area contributed by atoms with Gasteiger partial charge < -0.3 is 5.32 Å². The molecule has 1 saturated heterocycles. The maximum absolute atomic E-state index is 12.0. The molecule has 1 aliphatic rings. The van der Waals surface area contributed by atoms with Gasteiger partial charge in [0.1, 0.15) is 0 Å². The van der Waals surface area contributed by atoms with Crippen molar-refractivity contribution in [2.45, 2.75) is 26.3 Å². The zero-order chi connectivity index (χ0) is 14.0. The van der Waals surface area contributed by atoms with Crippen molar-refractivity contribution in [2.75, 3.05) is 18.1 Å². The third-order valence-electron chi connectivity index (χ3n) is 3.61. The third kappa shape index (κ3) is 3.64. The molecule has 1 N–H and O–H groups in total. The molecule has 0 amide bonds. The molecule has 0 saturated carbocycles. The molecule has 104 valence electrons. The zero-order valence-electron chi connectivity index (χ0n) is 11.3. The molecule has 0 bridgehead atoms. The fraction of sp³-hybridized carbons (Fsp3) is 0.500. The van der Waals surface area contributed by atoms with Crippen molar-refractivity contribution in [3.8, 4) is 0 Å². The van der Waals surface area contributed by atoms with Crippen LogP contribution in [0.5, 0.6) is 0 Å². The van der Waals surface area contributed by atoms with Gasteiger partial charge in [-0.1, -0.05) is 12.1 Å². The van der Waals surface area contributed by atoms with E-state index in [2.05, 4.69) is 5.32 Å². The summed E-state index contributed by atoms with van der Waals surface area (Å²) in [5.41, 5.74) is 2.93. The van der Waals surface area contributed by atoms with Gasteiger partial charge in [-0.05, 0) is 37.5 Å². The summed E-state index contributed by atoms with van der Waals surface area (Å²) in [4.78, 5) is 12.0. The van der Waals surface area contributed by atoms with Crippen molar-refractivity contribution in [1.82, 2.24) is 5.32 Å². The molecule has 0 aliphatic carbocycles. The van der Waals surface area contributed by atoms with E-state index in [0.717, 1.165) is 11.1 Å². The summed E-state index contributed by atoms with van der Waals surface area (Å²) in [6.45, 7) is 4.18. The average Bonchev–Trinajstić information content (AvgIpc) is 2.69. The van der Waals surface area contributed by atoms with Gasteiger partial charge in [0.15, 0.2) is 15.6 Å². The lowest BCUT2D eigenvalue weighted by molar-refractivity contribution is 0.0988. The van der Waals surface area contributed by atoms with Crippen molar-refractivity contribution < 1.29 is 13.2 Å². The fourth-order valence-electron chi connectivity index (χ4n) is 2.21. The van der Waals surface area contributed by atoms with Crippen molar-refractivity contribution >= 4 is 15.6 Å². The van der Waals surface area contributed by atoms with E-state index < -0.39 is 9.84 Å². The average molecular weight is 281 g/mol. The molecule has 5 heteroatoms. The minimum atomic E-state index is -2.89. The van der Waals surface area contributed by atoms with E-state index in [1.807, 2.05) is 32.0 Å². The van der Waals surface area contributed by atoms with Crippen LogP contribution in [-0.2, 0) is 9.84 Å². The lowest BCUT2D eigenvalue weighted by atomic mass is 10.0. The number of aryl methyl sites for hydroxylation is 2. The topological polar surface area (TPSA) is 63.2 Å². The molecule has 1 heterocycles. The SMILES string of the molecule is Cc1ccc(C(=O)CN[C@H]2CCS(=O)(=O)C2)cc1C. The van der Waals surface area contributed by atoms with E-state index >= 15 is 0 Å². The van der Waals surface area contributed by atoms with Crippen molar-refractivity contribution in [1.29, 1.82) is 0 Å². The van der Waals surface area contributed by atoms with E-state index in [9.17, 15) is 13.2 Å². The van der Waals surface area contributed by atoms with E-state index in [1.165, 1.54) is 0 Å². The normalized spacial score (nSPS) is 21.5. The van der Waals surface area contributed by atoms with Gasteiger partial charge in [-0.3, -0.25) is 4.79 Å². The highest BCUT2D eigenvalue weighted by atomic mass is 32.2. The van der Waals surface area contributed by atoms with Crippen molar-refractivity contribution in [2.24, 2.45) is 0 Å². The molecule has 0 radical (unpaired) electrons. The molecule has 2 rings (SSSR count). The number of benzene rings is 1. The summed E-state index contributed by atoms with van der Waals surface area (Å²) < 4.78 is 22.6. The number of carbonyl (C=O) groups is 1. The summed E-state index contributed by atoms with van der Waals surface area (Å²) in [6, 6.07) is 5.55. The van der Waals surface area contributed by atoms with Crippen LogP contribution in [-0.4, -0.2) is 38.3 Å². The van der Waals surface area contributed by atoms with Crippen molar-refractivity contribution in [3.05, 3.63) is 34.9 Å². The number of sulfone groups is 1. The van der Waals surface area contributed by atoms with Gasteiger partial charge in [-0.25, -0.2) is 8.42 Å². The molecule has 1 aromatic carbocycles. The van der Waals surface area contributed by atoms with Gasteiger partial charge >= 0.3 is 0 Å². The number of Topliss-reactive ketones (excluding diaryl/α,β-unsaturated/α-hetero) is 1. The molecule has 1 aromatic rings. The Labute approximate surface area is 114 Å². The first kappa shape index (κ1) is 14.2. The highest BCUT2D eigenvalue weighted by Gasteiger charge is 2.27. The Bertz CT molecular complexity index is 593. The second kappa shape index (κ2) is 5.43. The van der Waals surface area contributed by atoms with Crippen LogP contribution in [0.1, 0.15) is 27.9 Å². The Hall–Kier alpha value is -1.20. The molecule has 0 unspecified atom stereocenters. The first-order valence-corrected chi connectivity index (χ1v) is 8.24. The number of rotatable bonds is 4. The lowest BCUT2D eigenvalue weighted by Crippen LogP contribution is -2.34. The van der Waals surface area contributed by atoms with Crippen LogP contribution >= 0.6 is 0 Å². The van der Waals surface area contributed by atoms with Crippen LogP contribution in [0, 0.1) is 13.8 Å². The van der Waals surface area contributed by atoms with Crippen molar-refractivity contribution in [3.63, 3.8) is 0 Å². The second-order valence-electron chi connectivity index (χ2n) is 5.20. The van der Waals surface area contributed by atoms with Gasteiger partial charge in [0.25, 0.3) is 0 Å². The largest absolute Gasteiger partial charge is 0.306 e. The van der Waals surface area contributed by atoms with Crippen LogP contribution in [0.25, 0.3) is 0 Å². The van der Waals surface area contributed by atoms with E-state index in [1.54, 1.807) is 0 Å². The van der Waals surface area contributed by atoms with Gasteiger partial charge in [0, 0.05) is 11.6 Å². The molecule has 4 nitrogen and oxygen atoms in total. The minimum absolute atomic E-state index is 0.00685. The number of hydrogen-bond donors (Lipinski definition) is 1. The van der Waals surface area contributed by atoms with Crippen LogP contribution in [0.3, 0.4) is 0 Å². The highest BCUT2D eigenvalue weighted by Crippen LogP contribution is 2.12. The van der Waals surface area contributed by atoms with Crippen LogP contribution in [0.15, 0.2) is 18.2 Å². The van der Waals surface area contributed by atoms with Crippen LogP contribution in [0.4, 0.5) is 0 Å². The molecular formula is C14H19NO3S. The second-order valence-corrected chi connectivity index (χ2v) is 7.43. The molecule has 0 aromatic heterocycles. The van der Waals surface area contributed by atoms with Gasteiger partial charge in [0.2, 0.25) is 0 Å². The minimum Gasteiger partial charge on any atom is -0.306 e. The van der Waals surface area contributed by atoms with E-state index in [-0.39, 0.29) is 29.9 Å². The molecule has 1 aliphatic heterocycles. The Kier molecular flexibility index (Phi) is 4.06. The first-order chi connectivity index (χ1) is 8.87. The Balaban J connectivity index is 1.93. The fourth-order valence-corrected chi connectivity index (χ4v) is 3.92. The Morgan fingerprint density at radius 1 is 1.32 bits per heavy atom. The number of carbonyl (C=O) groups excluding carboxylic acids is 1. The summed E-state index contributed by atoms with van der Waals surface area (Å²) >= 11 is 0. The molecule has 1 fully saturated rings. The van der Waals surface area contributed by atoms with Gasteiger partial charge in [0.05, 0.1) is 18.1 Å². The summed E-state index contributed by atoms with van der Waals surface area (Å²) in [5.74, 6) is 0.378. The third-order valence-corrected chi connectivity index (χ3v) is 5.38. The number of ketones is 1. The predicted octanol–water partition coefficient (Wildman–Crippen LogP) is 1.26. The molecular weight excluding hydrogens is 262 g/mol.